The number of aliphatic hydroxyl groups is 1. The smallest absolute Gasteiger partial charge is 0.399 e. The molecule has 2 aliphatic rings. The summed E-state index contributed by atoms with van der Waals surface area (Å²) in [6, 6.07) is 15.7. The number of hydrogen-bond donors (Lipinski definition) is 1. The lowest BCUT2D eigenvalue weighted by atomic mass is 9.79. The summed E-state index contributed by atoms with van der Waals surface area (Å²) in [6.07, 6.45) is -6.36. The molecule has 0 spiro atoms. The Morgan fingerprint density at radius 2 is 1.26 bits per heavy atom. The Hall–Kier alpha value is -3.09. The van der Waals surface area contributed by atoms with E-state index in [0.29, 0.717) is 5.69 Å². The molecule has 1 unspecified atom stereocenters. The van der Waals surface area contributed by atoms with Gasteiger partial charge in [-0.05, 0) is 69.6 Å². The molecular formula is C26H31BF3N5O3. The molecule has 2 saturated heterocycles. The van der Waals surface area contributed by atoms with Crippen molar-refractivity contribution in [2.75, 3.05) is 36.0 Å². The maximum Gasteiger partial charge on any atom is 0.494 e. The zero-order chi connectivity index (χ0) is 27.3. The number of aromatic nitrogens is 3. The lowest BCUT2D eigenvalue weighted by molar-refractivity contribution is -0.208. The van der Waals surface area contributed by atoms with Gasteiger partial charge in [-0.15, -0.1) is 5.10 Å². The Kier molecular flexibility index (Phi) is 6.69. The SMILES string of the molecule is CC1(C)OB(c2ccc(N3CCN(c4ccc(-n5cc(C(O)C(F)(F)F)nn5)cc4)CC3)cc2)OC1(C)C. The van der Waals surface area contributed by atoms with Crippen LogP contribution in [-0.4, -0.2) is 70.8 Å². The number of hydrogen-bond acceptors (Lipinski definition) is 7. The number of rotatable bonds is 5. The van der Waals surface area contributed by atoms with E-state index in [9.17, 15) is 18.3 Å². The molecule has 3 aromatic rings. The largest absolute Gasteiger partial charge is 0.494 e. The summed E-state index contributed by atoms with van der Waals surface area (Å²) in [5.41, 5.74) is 2.42. The van der Waals surface area contributed by atoms with Crippen LogP contribution in [0.1, 0.15) is 39.5 Å². The molecule has 1 atom stereocenters. The minimum Gasteiger partial charge on any atom is -0.399 e. The average molecular weight is 529 g/mol. The second-order valence-corrected chi connectivity index (χ2v) is 10.7. The molecule has 5 rings (SSSR count). The van der Waals surface area contributed by atoms with Crippen LogP contribution in [0, 0.1) is 0 Å². The summed E-state index contributed by atoms with van der Waals surface area (Å²) in [6.45, 7) is 11.5. The van der Waals surface area contributed by atoms with E-state index >= 15 is 0 Å². The van der Waals surface area contributed by atoms with E-state index in [-0.39, 0.29) is 18.3 Å². The number of anilines is 2. The molecule has 0 radical (unpaired) electrons. The van der Waals surface area contributed by atoms with Crippen molar-refractivity contribution in [1.29, 1.82) is 0 Å². The molecule has 1 N–H and O–H groups in total. The zero-order valence-corrected chi connectivity index (χ0v) is 21.8. The fourth-order valence-electron chi connectivity index (χ4n) is 4.56. The van der Waals surface area contributed by atoms with Gasteiger partial charge in [-0.1, -0.05) is 17.3 Å². The van der Waals surface area contributed by atoms with Crippen LogP contribution in [0.5, 0.6) is 0 Å². The second-order valence-electron chi connectivity index (χ2n) is 10.7. The first-order chi connectivity index (χ1) is 17.8. The van der Waals surface area contributed by atoms with Gasteiger partial charge < -0.3 is 24.2 Å². The van der Waals surface area contributed by atoms with E-state index in [1.807, 2.05) is 39.8 Å². The first-order valence-corrected chi connectivity index (χ1v) is 12.6. The van der Waals surface area contributed by atoms with Crippen LogP contribution in [0.2, 0.25) is 0 Å². The molecule has 2 aliphatic heterocycles. The van der Waals surface area contributed by atoms with Crippen LogP contribution in [0.3, 0.4) is 0 Å². The summed E-state index contributed by atoms with van der Waals surface area (Å²) in [5, 5.41) is 16.6. The van der Waals surface area contributed by atoms with E-state index in [4.69, 9.17) is 9.31 Å². The Labute approximate surface area is 220 Å². The molecule has 2 aromatic carbocycles. The van der Waals surface area contributed by atoms with Crippen LogP contribution in [-0.2, 0) is 9.31 Å². The van der Waals surface area contributed by atoms with Crippen LogP contribution < -0.4 is 15.3 Å². The van der Waals surface area contributed by atoms with Crippen LogP contribution >= 0.6 is 0 Å². The molecular weight excluding hydrogens is 498 g/mol. The van der Waals surface area contributed by atoms with Crippen molar-refractivity contribution < 1.29 is 27.6 Å². The maximum absolute atomic E-state index is 12.7. The number of halogens is 3. The molecule has 3 heterocycles. The van der Waals surface area contributed by atoms with Crippen molar-refractivity contribution in [1.82, 2.24) is 15.0 Å². The van der Waals surface area contributed by atoms with Crippen molar-refractivity contribution in [3.8, 4) is 5.69 Å². The fraction of sp³-hybridized carbons (Fsp3) is 0.462. The number of benzene rings is 2. The first kappa shape index (κ1) is 26.5. The highest BCUT2D eigenvalue weighted by Crippen LogP contribution is 2.36. The lowest BCUT2D eigenvalue weighted by Gasteiger charge is -2.37. The molecule has 38 heavy (non-hydrogen) atoms. The highest BCUT2D eigenvalue weighted by Gasteiger charge is 2.51. The van der Waals surface area contributed by atoms with Gasteiger partial charge >= 0.3 is 13.3 Å². The molecule has 0 aliphatic carbocycles. The summed E-state index contributed by atoms with van der Waals surface area (Å²) in [4.78, 5) is 4.60. The van der Waals surface area contributed by atoms with Crippen LogP contribution in [0.15, 0.2) is 54.7 Å². The highest BCUT2D eigenvalue weighted by molar-refractivity contribution is 6.62. The third kappa shape index (κ3) is 5.12. The van der Waals surface area contributed by atoms with Crippen molar-refractivity contribution in [3.05, 3.63) is 60.4 Å². The van der Waals surface area contributed by atoms with Gasteiger partial charge in [-0.2, -0.15) is 13.2 Å². The van der Waals surface area contributed by atoms with Gasteiger partial charge in [-0.3, -0.25) is 0 Å². The number of nitrogens with zero attached hydrogens (tertiary/aromatic N) is 5. The molecule has 1 aromatic heterocycles. The van der Waals surface area contributed by atoms with Gasteiger partial charge in [0.15, 0.2) is 6.10 Å². The van der Waals surface area contributed by atoms with Gasteiger partial charge in [0, 0.05) is 37.6 Å². The molecule has 2 fully saturated rings. The fourth-order valence-corrected chi connectivity index (χ4v) is 4.56. The Morgan fingerprint density at radius 1 is 0.816 bits per heavy atom. The van der Waals surface area contributed by atoms with Crippen molar-refractivity contribution in [3.63, 3.8) is 0 Å². The Bertz CT molecular complexity index is 1240. The number of aliphatic hydroxyl groups excluding tert-OH is 1. The first-order valence-electron chi connectivity index (χ1n) is 12.6. The molecule has 0 amide bonds. The van der Waals surface area contributed by atoms with E-state index in [0.717, 1.165) is 49.2 Å². The molecule has 0 saturated carbocycles. The second kappa shape index (κ2) is 9.58. The third-order valence-electron chi connectivity index (χ3n) is 7.64. The van der Waals surface area contributed by atoms with Gasteiger partial charge in [0.05, 0.1) is 23.1 Å². The number of alkyl halides is 3. The van der Waals surface area contributed by atoms with Gasteiger partial charge in [0.1, 0.15) is 5.69 Å². The normalized spacial score (nSPS) is 20.2. The number of piperazine rings is 1. The van der Waals surface area contributed by atoms with Gasteiger partial charge in [-0.25, -0.2) is 4.68 Å². The topological polar surface area (TPSA) is 75.9 Å². The quantitative estimate of drug-likeness (QED) is 0.508. The third-order valence-corrected chi connectivity index (χ3v) is 7.64. The average Bonchev–Trinajstić information content (AvgIpc) is 3.45. The van der Waals surface area contributed by atoms with Crippen LogP contribution in [0.4, 0.5) is 24.5 Å². The molecule has 0 bridgehead atoms. The van der Waals surface area contributed by atoms with E-state index in [1.54, 1.807) is 12.1 Å². The summed E-state index contributed by atoms with van der Waals surface area (Å²) in [5.74, 6) is 0. The molecule has 12 heteroatoms. The van der Waals surface area contributed by atoms with E-state index in [1.165, 1.54) is 4.68 Å². The minimum absolute atomic E-state index is 0.376. The Morgan fingerprint density at radius 3 is 1.74 bits per heavy atom. The lowest BCUT2D eigenvalue weighted by Crippen LogP contribution is -2.46. The zero-order valence-electron chi connectivity index (χ0n) is 21.8. The van der Waals surface area contributed by atoms with E-state index in [2.05, 4.69) is 44.4 Å². The van der Waals surface area contributed by atoms with Crippen molar-refractivity contribution in [2.24, 2.45) is 0 Å². The molecule has 8 nitrogen and oxygen atoms in total. The van der Waals surface area contributed by atoms with E-state index < -0.39 is 18.0 Å². The summed E-state index contributed by atoms with van der Waals surface area (Å²) < 4.78 is 51.7. The summed E-state index contributed by atoms with van der Waals surface area (Å²) in [7, 11) is -0.382. The van der Waals surface area contributed by atoms with Gasteiger partial charge in [0.2, 0.25) is 0 Å². The Balaban J connectivity index is 1.18. The maximum atomic E-state index is 12.7. The predicted molar refractivity (Wildman–Crippen MR) is 139 cm³/mol. The summed E-state index contributed by atoms with van der Waals surface area (Å²) >= 11 is 0. The molecule has 202 valence electrons. The van der Waals surface area contributed by atoms with Crippen molar-refractivity contribution in [2.45, 2.75) is 51.2 Å². The van der Waals surface area contributed by atoms with Gasteiger partial charge in [0.25, 0.3) is 0 Å². The van der Waals surface area contributed by atoms with Crippen LogP contribution in [0.25, 0.3) is 5.69 Å². The standard InChI is InChI=1S/C26H31BF3N5O3/c1-24(2)25(3,4)38-27(37-24)18-5-7-19(8-6-18)33-13-15-34(16-14-33)20-9-11-21(12-10-20)35-17-22(31-32-35)23(36)26(28,29)30/h5-12,17,23,36H,13-16H2,1-4H3. The highest BCUT2D eigenvalue weighted by atomic mass is 19.4. The predicted octanol–water partition coefficient (Wildman–Crippen LogP) is 3.49. The minimum atomic E-state index is -4.79. The monoisotopic (exact) mass is 529 g/mol. The van der Waals surface area contributed by atoms with Crippen molar-refractivity contribution >= 4 is 24.0 Å².